The Morgan fingerprint density at radius 3 is 2.45 bits per heavy atom. The van der Waals surface area contributed by atoms with Gasteiger partial charge in [-0.05, 0) is 31.2 Å². The van der Waals surface area contributed by atoms with Crippen LogP contribution >= 0.6 is 24.0 Å². The molecule has 3 N–H and O–H groups in total. The van der Waals surface area contributed by atoms with Gasteiger partial charge in [0.05, 0.1) is 19.2 Å². The summed E-state index contributed by atoms with van der Waals surface area (Å²) in [6.07, 6.45) is -3.32. The molecular formula is C20H27F3IN5O2. The molecular weight excluding hydrogens is 526 g/mol. The van der Waals surface area contributed by atoms with Crippen LogP contribution in [0.4, 0.5) is 19.0 Å². The fourth-order valence-electron chi connectivity index (χ4n) is 2.57. The van der Waals surface area contributed by atoms with Gasteiger partial charge in [0.15, 0.2) is 17.5 Å². The molecule has 0 fully saturated rings. The van der Waals surface area contributed by atoms with Crippen LogP contribution in [0, 0.1) is 0 Å². The summed E-state index contributed by atoms with van der Waals surface area (Å²) in [6.45, 7) is 2.93. The van der Waals surface area contributed by atoms with Gasteiger partial charge in [0.2, 0.25) is 0 Å². The number of halogens is 4. The van der Waals surface area contributed by atoms with Crippen LogP contribution in [0.1, 0.15) is 12.5 Å². The zero-order valence-corrected chi connectivity index (χ0v) is 19.8. The van der Waals surface area contributed by atoms with Gasteiger partial charge in [-0.15, -0.1) is 24.0 Å². The number of para-hydroxylation sites is 2. The van der Waals surface area contributed by atoms with Gasteiger partial charge in [0.25, 0.3) is 0 Å². The lowest BCUT2D eigenvalue weighted by molar-refractivity contribution is -0.137. The van der Waals surface area contributed by atoms with Crippen LogP contribution in [0.25, 0.3) is 0 Å². The minimum absolute atomic E-state index is 0. The Labute approximate surface area is 196 Å². The minimum Gasteiger partial charge on any atom is -0.493 e. The Morgan fingerprint density at radius 2 is 1.81 bits per heavy atom. The molecule has 11 heteroatoms. The number of hydrogen-bond acceptors (Lipinski definition) is 5. The fourth-order valence-corrected chi connectivity index (χ4v) is 2.57. The maximum absolute atomic E-state index is 13.0. The molecule has 0 aliphatic carbocycles. The quantitative estimate of drug-likeness (QED) is 0.190. The third-order valence-corrected chi connectivity index (χ3v) is 4.00. The number of ether oxygens (including phenoxy) is 2. The second-order valence-electron chi connectivity index (χ2n) is 6.28. The van der Waals surface area contributed by atoms with Crippen LogP contribution in [0.5, 0.6) is 11.5 Å². The molecule has 31 heavy (non-hydrogen) atoms. The summed E-state index contributed by atoms with van der Waals surface area (Å²) in [7, 11) is 3.18. The smallest absolute Gasteiger partial charge is 0.419 e. The third kappa shape index (κ3) is 8.67. The van der Waals surface area contributed by atoms with Gasteiger partial charge in [0, 0.05) is 26.3 Å². The van der Waals surface area contributed by atoms with Crippen LogP contribution in [0.2, 0.25) is 0 Å². The Kier molecular flexibility index (Phi) is 11.2. The Bertz CT molecular complexity index is 836. The number of pyridine rings is 1. The van der Waals surface area contributed by atoms with Crippen molar-refractivity contribution in [3.8, 4) is 11.5 Å². The van der Waals surface area contributed by atoms with E-state index in [1.54, 1.807) is 14.2 Å². The van der Waals surface area contributed by atoms with Crippen LogP contribution < -0.4 is 25.4 Å². The van der Waals surface area contributed by atoms with Crippen molar-refractivity contribution >= 4 is 35.8 Å². The molecule has 7 nitrogen and oxygen atoms in total. The van der Waals surface area contributed by atoms with E-state index in [0.29, 0.717) is 30.5 Å². The Hall–Kier alpha value is -2.44. The SMILES string of the molecule is CN=C(NCCNc1ncccc1C(F)(F)F)NCC(C)Oc1ccccc1OC.I. The van der Waals surface area contributed by atoms with Crippen molar-refractivity contribution in [2.75, 3.05) is 39.1 Å². The molecule has 2 aromatic rings. The Morgan fingerprint density at radius 1 is 1.10 bits per heavy atom. The van der Waals surface area contributed by atoms with E-state index in [1.807, 2.05) is 31.2 Å². The average molecular weight is 553 g/mol. The minimum atomic E-state index is -4.46. The number of methoxy groups -OCH3 is 1. The van der Waals surface area contributed by atoms with Crippen LogP contribution in [-0.4, -0.2) is 50.8 Å². The molecule has 0 saturated heterocycles. The maximum atomic E-state index is 13.0. The lowest BCUT2D eigenvalue weighted by atomic mass is 10.2. The van der Waals surface area contributed by atoms with E-state index in [-0.39, 0.29) is 42.4 Å². The van der Waals surface area contributed by atoms with Crippen molar-refractivity contribution in [1.82, 2.24) is 15.6 Å². The first-order valence-electron chi connectivity index (χ1n) is 9.35. The van der Waals surface area contributed by atoms with E-state index in [9.17, 15) is 13.2 Å². The summed E-state index contributed by atoms with van der Waals surface area (Å²) in [4.78, 5) is 7.86. The maximum Gasteiger partial charge on any atom is 0.419 e. The molecule has 0 aliphatic rings. The number of anilines is 1. The second-order valence-corrected chi connectivity index (χ2v) is 6.28. The van der Waals surface area contributed by atoms with E-state index in [4.69, 9.17) is 9.47 Å². The van der Waals surface area contributed by atoms with Gasteiger partial charge < -0.3 is 25.4 Å². The topological polar surface area (TPSA) is 79.8 Å². The number of rotatable bonds is 9. The zero-order valence-electron chi connectivity index (χ0n) is 17.5. The highest BCUT2D eigenvalue weighted by Gasteiger charge is 2.33. The second kappa shape index (κ2) is 13.1. The van der Waals surface area contributed by atoms with Gasteiger partial charge in [-0.1, -0.05) is 12.1 Å². The molecule has 0 amide bonds. The highest BCUT2D eigenvalue weighted by Crippen LogP contribution is 2.33. The summed E-state index contributed by atoms with van der Waals surface area (Å²) in [5.41, 5.74) is -0.796. The monoisotopic (exact) mass is 553 g/mol. The fraction of sp³-hybridized carbons (Fsp3) is 0.400. The van der Waals surface area contributed by atoms with E-state index >= 15 is 0 Å². The van der Waals surface area contributed by atoms with Gasteiger partial charge >= 0.3 is 6.18 Å². The molecule has 0 radical (unpaired) electrons. The predicted molar refractivity (Wildman–Crippen MR) is 126 cm³/mol. The van der Waals surface area contributed by atoms with Crippen molar-refractivity contribution in [2.45, 2.75) is 19.2 Å². The number of nitrogens with one attached hydrogen (secondary N) is 3. The summed E-state index contributed by atoms with van der Waals surface area (Å²) in [5.74, 6) is 1.58. The van der Waals surface area contributed by atoms with Crippen molar-refractivity contribution < 1.29 is 22.6 Å². The van der Waals surface area contributed by atoms with Gasteiger partial charge in [-0.25, -0.2) is 4.98 Å². The number of hydrogen-bond donors (Lipinski definition) is 3. The lowest BCUT2D eigenvalue weighted by Crippen LogP contribution is -2.43. The van der Waals surface area contributed by atoms with E-state index in [0.717, 1.165) is 6.07 Å². The largest absolute Gasteiger partial charge is 0.493 e. The molecule has 0 bridgehead atoms. The standard InChI is InChI=1S/C20H26F3N5O2.HI/c1-14(30-17-9-5-4-8-16(17)29-3)13-28-19(24-2)27-12-11-26-18-15(20(21,22)23)7-6-10-25-18;/h4-10,14H,11-13H2,1-3H3,(H,25,26)(H2,24,27,28);1H. The molecule has 1 aromatic heterocycles. The van der Waals surface area contributed by atoms with Crippen molar-refractivity contribution in [2.24, 2.45) is 4.99 Å². The number of aromatic nitrogens is 1. The van der Waals surface area contributed by atoms with Gasteiger partial charge in [0.1, 0.15) is 11.9 Å². The highest BCUT2D eigenvalue weighted by molar-refractivity contribution is 14.0. The van der Waals surface area contributed by atoms with Gasteiger partial charge in [-0.2, -0.15) is 13.2 Å². The van der Waals surface area contributed by atoms with Crippen molar-refractivity contribution in [1.29, 1.82) is 0 Å². The van der Waals surface area contributed by atoms with Crippen LogP contribution in [0.3, 0.4) is 0 Å². The first kappa shape index (κ1) is 26.6. The number of nitrogens with zero attached hydrogens (tertiary/aromatic N) is 2. The normalized spacial score (nSPS) is 12.4. The zero-order chi connectivity index (χ0) is 22.0. The van der Waals surface area contributed by atoms with E-state index < -0.39 is 11.7 Å². The number of aliphatic imine (C=N–C) groups is 1. The van der Waals surface area contributed by atoms with E-state index in [2.05, 4.69) is 25.9 Å². The van der Waals surface area contributed by atoms with E-state index in [1.165, 1.54) is 12.3 Å². The number of guanidine groups is 1. The molecule has 0 spiro atoms. The molecule has 0 saturated carbocycles. The number of alkyl halides is 3. The van der Waals surface area contributed by atoms with Crippen LogP contribution in [0.15, 0.2) is 47.6 Å². The predicted octanol–water partition coefficient (Wildman–Crippen LogP) is 3.77. The van der Waals surface area contributed by atoms with Crippen molar-refractivity contribution in [3.63, 3.8) is 0 Å². The molecule has 1 aromatic carbocycles. The number of benzene rings is 1. The van der Waals surface area contributed by atoms with Crippen LogP contribution in [-0.2, 0) is 6.18 Å². The third-order valence-electron chi connectivity index (χ3n) is 4.00. The molecule has 1 unspecified atom stereocenters. The molecule has 0 aliphatic heterocycles. The molecule has 172 valence electrons. The molecule has 1 atom stereocenters. The summed E-state index contributed by atoms with van der Waals surface area (Å²) in [5, 5.41) is 8.83. The Balaban J connectivity index is 0.00000480. The van der Waals surface area contributed by atoms with Crippen molar-refractivity contribution in [3.05, 3.63) is 48.2 Å². The average Bonchev–Trinajstić information content (AvgIpc) is 2.73. The van der Waals surface area contributed by atoms with Gasteiger partial charge in [-0.3, -0.25) is 4.99 Å². The summed E-state index contributed by atoms with van der Waals surface area (Å²) >= 11 is 0. The highest BCUT2D eigenvalue weighted by atomic mass is 127. The summed E-state index contributed by atoms with van der Waals surface area (Å²) in [6, 6.07) is 9.60. The molecule has 1 heterocycles. The lowest BCUT2D eigenvalue weighted by Gasteiger charge is -2.19. The first-order chi connectivity index (χ1) is 14.3. The first-order valence-corrected chi connectivity index (χ1v) is 9.35. The summed E-state index contributed by atoms with van der Waals surface area (Å²) < 4.78 is 50.1. The molecule has 2 rings (SSSR count).